The van der Waals surface area contributed by atoms with Crippen molar-refractivity contribution in [3.63, 3.8) is 0 Å². The molecular weight excluding hydrogens is 188 g/mol. The molecule has 1 aliphatic carbocycles. The first-order chi connectivity index (χ1) is 6.77. The van der Waals surface area contributed by atoms with Gasteiger partial charge in [0.25, 0.3) is 0 Å². The lowest BCUT2D eigenvalue weighted by atomic mass is 9.98. The van der Waals surface area contributed by atoms with E-state index >= 15 is 0 Å². The zero-order valence-electron chi connectivity index (χ0n) is 8.33. The molecule has 1 heteroatoms. The van der Waals surface area contributed by atoms with Crippen LogP contribution in [-0.2, 0) is 0 Å². The molecular formula is C13H14S. The Morgan fingerprint density at radius 1 is 1.14 bits per heavy atom. The van der Waals surface area contributed by atoms with Gasteiger partial charge in [-0.25, -0.2) is 0 Å². The molecule has 0 N–H and O–H groups in total. The fourth-order valence-electron chi connectivity index (χ4n) is 1.65. The zero-order chi connectivity index (χ0) is 9.97. The minimum Gasteiger partial charge on any atom is -0.147 e. The molecule has 0 aliphatic heterocycles. The molecule has 1 aliphatic rings. The maximum Gasteiger partial charge on any atom is -0.00944 e. The summed E-state index contributed by atoms with van der Waals surface area (Å²) < 4.78 is 0. The minimum atomic E-state index is 1.07. The molecule has 0 atom stereocenters. The molecule has 0 saturated carbocycles. The molecule has 0 fully saturated rings. The number of rotatable bonds is 1. The molecule has 0 bridgehead atoms. The summed E-state index contributed by atoms with van der Waals surface area (Å²) in [7, 11) is 0. The van der Waals surface area contributed by atoms with Gasteiger partial charge in [0.05, 0.1) is 0 Å². The maximum absolute atomic E-state index is 4.52. The largest absolute Gasteiger partial charge is 0.147 e. The summed E-state index contributed by atoms with van der Waals surface area (Å²) in [5, 5.41) is 0. The predicted molar refractivity (Wildman–Crippen MR) is 65.5 cm³/mol. The van der Waals surface area contributed by atoms with Crippen molar-refractivity contribution in [3.05, 3.63) is 52.4 Å². The van der Waals surface area contributed by atoms with Gasteiger partial charge in [-0.3, -0.25) is 0 Å². The van der Waals surface area contributed by atoms with Gasteiger partial charge in [0, 0.05) is 0 Å². The number of hydrogen-bond donors (Lipinski definition) is 1. The third-order valence-electron chi connectivity index (χ3n) is 2.51. The van der Waals surface area contributed by atoms with E-state index in [2.05, 4.69) is 56.0 Å². The van der Waals surface area contributed by atoms with Crippen LogP contribution in [0.3, 0.4) is 0 Å². The summed E-state index contributed by atoms with van der Waals surface area (Å²) in [6.45, 7) is 2.11. The van der Waals surface area contributed by atoms with Gasteiger partial charge in [0.2, 0.25) is 0 Å². The fourth-order valence-corrected chi connectivity index (χ4v) is 1.98. The summed E-state index contributed by atoms with van der Waals surface area (Å²) >= 11 is 4.52. The van der Waals surface area contributed by atoms with Crippen LogP contribution in [0.25, 0.3) is 5.57 Å². The molecule has 1 aromatic carbocycles. The van der Waals surface area contributed by atoms with Crippen molar-refractivity contribution in [1.82, 2.24) is 0 Å². The average molecular weight is 202 g/mol. The SMILES string of the molecule is Cc1ccc(C2=C(S)CCC=C2)cc1. The van der Waals surface area contributed by atoms with E-state index < -0.39 is 0 Å². The van der Waals surface area contributed by atoms with Gasteiger partial charge in [-0.1, -0.05) is 42.0 Å². The van der Waals surface area contributed by atoms with Crippen LogP contribution in [0.5, 0.6) is 0 Å². The monoisotopic (exact) mass is 202 g/mol. The lowest BCUT2D eigenvalue weighted by Crippen LogP contribution is -1.89. The summed E-state index contributed by atoms with van der Waals surface area (Å²) in [5.41, 5.74) is 3.85. The van der Waals surface area contributed by atoms with Crippen LogP contribution >= 0.6 is 12.6 Å². The lowest BCUT2D eigenvalue weighted by Gasteiger charge is -2.11. The van der Waals surface area contributed by atoms with Gasteiger partial charge in [0.1, 0.15) is 0 Å². The van der Waals surface area contributed by atoms with Crippen LogP contribution in [0, 0.1) is 6.92 Å². The lowest BCUT2D eigenvalue weighted by molar-refractivity contribution is 1.03. The second kappa shape index (κ2) is 4.05. The van der Waals surface area contributed by atoms with Gasteiger partial charge in [-0.2, -0.15) is 0 Å². The van der Waals surface area contributed by atoms with Crippen molar-refractivity contribution in [1.29, 1.82) is 0 Å². The molecule has 0 aromatic heterocycles. The first kappa shape index (κ1) is 9.60. The smallest absolute Gasteiger partial charge is 0.00944 e. The molecule has 72 valence electrons. The Hall–Kier alpha value is -0.950. The van der Waals surface area contributed by atoms with Crippen molar-refractivity contribution in [3.8, 4) is 0 Å². The molecule has 2 rings (SSSR count). The highest BCUT2D eigenvalue weighted by molar-refractivity contribution is 7.84. The Bertz CT molecular complexity index is 382. The summed E-state index contributed by atoms with van der Waals surface area (Å²) in [5.74, 6) is 0. The summed E-state index contributed by atoms with van der Waals surface area (Å²) in [6, 6.07) is 8.62. The van der Waals surface area contributed by atoms with E-state index in [1.165, 1.54) is 21.6 Å². The van der Waals surface area contributed by atoms with Crippen molar-refractivity contribution in [2.45, 2.75) is 19.8 Å². The van der Waals surface area contributed by atoms with E-state index in [1.54, 1.807) is 0 Å². The number of thiol groups is 1. The number of aryl methyl sites for hydroxylation is 1. The van der Waals surface area contributed by atoms with E-state index in [9.17, 15) is 0 Å². The van der Waals surface area contributed by atoms with Gasteiger partial charge in [0.15, 0.2) is 0 Å². The van der Waals surface area contributed by atoms with E-state index in [0.29, 0.717) is 0 Å². The Morgan fingerprint density at radius 2 is 1.86 bits per heavy atom. The third-order valence-corrected chi connectivity index (χ3v) is 2.97. The molecule has 0 nitrogen and oxygen atoms in total. The average Bonchev–Trinajstić information content (AvgIpc) is 2.20. The van der Waals surface area contributed by atoms with Crippen molar-refractivity contribution >= 4 is 18.2 Å². The maximum atomic E-state index is 4.52. The van der Waals surface area contributed by atoms with Crippen molar-refractivity contribution < 1.29 is 0 Å². The Morgan fingerprint density at radius 3 is 2.50 bits per heavy atom. The van der Waals surface area contributed by atoms with Crippen LogP contribution in [-0.4, -0.2) is 0 Å². The third kappa shape index (κ3) is 1.93. The molecule has 0 saturated heterocycles. The molecule has 0 unspecified atom stereocenters. The number of hydrogen-bond acceptors (Lipinski definition) is 1. The molecule has 0 heterocycles. The normalized spacial score (nSPS) is 16.1. The summed E-state index contributed by atoms with van der Waals surface area (Å²) in [6.07, 6.45) is 6.59. The summed E-state index contributed by atoms with van der Waals surface area (Å²) in [4.78, 5) is 1.20. The van der Waals surface area contributed by atoms with Gasteiger partial charge in [-0.15, -0.1) is 12.6 Å². The fraction of sp³-hybridized carbons (Fsp3) is 0.231. The highest BCUT2D eigenvalue weighted by Gasteiger charge is 2.06. The topological polar surface area (TPSA) is 0 Å². The number of benzene rings is 1. The number of allylic oxidation sites excluding steroid dienone is 4. The van der Waals surface area contributed by atoms with Crippen LogP contribution in [0.2, 0.25) is 0 Å². The first-order valence-corrected chi connectivity index (χ1v) is 5.38. The molecule has 14 heavy (non-hydrogen) atoms. The zero-order valence-corrected chi connectivity index (χ0v) is 9.22. The second-order valence-electron chi connectivity index (χ2n) is 3.67. The quantitative estimate of drug-likeness (QED) is 0.654. The van der Waals surface area contributed by atoms with Crippen molar-refractivity contribution in [2.24, 2.45) is 0 Å². The van der Waals surface area contributed by atoms with Crippen LogP contribution in [0.15, 0.2) is 41.3 Å². The second-order valence-corrected chi connectivity index (χ2v) is 4.21. The van der Waals surface area contributed by atoms with E-state index in [4.69, 9.17) is 0 Å². The van der Waals surface area contributed by atoms with Crippen molar-refractivity contribution in [2.75, 3.05) is 0 Å². The Kier molecular flexibility index (Phi) is 2.78. The highest BCUT2D eigenvalue weighted by Crippen LogP contribution is 2.29. The van der Waals surface area contributed by atoms with E-state index in [1.807, 2.05) is 0 Å². The van der Waals surface area contributed by atoms with Gasteiger partial charge in [-0.05, 0) is 35.8 Å². The molecule has 0 radical (unpaired) electrons. The standard InChI is InChI=1S/C13H14S/c1-10-6-8-11(9-7-10)12-4-2-3-5-13(12)14/h2,4,6-9,14H,3,5H2,1H3. The van der Waals surface area contributed by atoms with E-state index in [-0.39, 0.29) is 0 Å². The Balaban J connectivity index is 2.39. The molecule has 0 spiro atoms. The van der Waals surface area contributed by atoms with Gasteiger partial charge < -0.3 is 0 Å². The first-order valence-electron chi connectivity index (χ1n) is 4.93. The predicted octanol–water partition coefficient (Wildman–Crippen LogP) is 3.99. The molecule has 0 amide bonds. The van der Waals surface area contributed by atoms with Crippen LogP contribution in [0.1, 0.15) is 24.0 Å². The van der Waals surface area contributed by atoms with Gasteiger partial charge >= 0.3 is 0 Å². The minimum absolute atomic E-state index is 1.07. The highest BCUT2D eigenvalue weighted by atomic mass is 32.1. The molecule has 1 aromatic rings. The van der Waals surface area contributed by atoms with E-state index in [0.717, 1.165) is 12.8 Å². The van der Waals surface area contributed by atoms with Crippen LogP contribution < -0.4 is 0 Å². The Labute approximate surface area is 90.8 Å². The van der Waals surface area contributed by atoms with Crippen LogP contribution in [0.4, 0.5) is 0 Å².